The van der Waals surface area contributed by atoms with Crippen LogP contribution in [-0.2, 0) is 26.3 Å². The maximum absolute atomic E-state index is 14.4. The van der Waals surface area contributed by atoms with Crippen LogP contribution in [0.1, 0.15) is 61.6 Å². The highest BCUT2D eigenvalue weighted by Crippen LogP contribution is 2.55. The van der Waals surface area contributed by atoms with Gasteiger partial charge in [0.05, 0.1) is 24.1 Å². The van der Waals surface area contributed by atoms with Gasteiger partial charge in [0, 0.05) is 49.7 Å². The van der Waals surface area contributed by atoms with Crippen molar-refractivity contribution in [2.24, 2.45) is 22.9 Å². The highest BCUT2D eigenvalue weighted by atomic mass is 32.2. The molecule has 4 atom stereocenters. The molecule has 8 rings (SSSR count). The summed E-state index contributed by atoms with van der Waals surface area (Å²) in [5.41, 5.74) is 6.28. The Balaban J connectivity index is 1.30. The molecule has 3 unspecified atom stereocenters. The Kier molecular flexibility index (Phi) is 6.59. The van der Waals surface area contributed by atoms with Gasteiger partial charge in [-0.05, 0) is 71.4 Å². The van der Waals surface area contributed by atoms with Gasteiger partial charge in [0.2, 0.25) is 5.91 Å². The van der Waals surface area contributed by atoms with Crippen LogP contribution in [0.15, 0.2) is 52.6 Å². The first-order valence-corrected chi connectivity index (χ1v) is 17.5. The zero-order chi connectivity index (χ0) is 30.3. The number of carbonyl (C=O) groups is 2. The summed E-state index contributed by atoms with van der Waals surface area (Å²) in [6.45, 7) is 3.85. The molecule has 11 heteroatoms. The zero-order valence-electron chi connectivity index (χ0n) is 25.0. The predicted octanol–water partition coefficient (Wildman–Crippen LogP) is 2.98. The van der Waals surface area contributed by atoms with E-state index < -0.39 is 16.1 Å². The van der Waals surface area contributed by atoms with Crippen LogP contribution in [0.5, 0.6) is 5.75 Å². The van der Waals surface area contributed by atoms with E-state index in [1.807, 2.05) is 16.9 Å². The number of carbonyl (C=O) groups excluding carboxylic acids is 2. The SMILES string of the molecule is COc1ccc(C2CCCCC2)c2c1cc1n2CC2=C(C(=O)NS(N)(=O)=O)C2=C2C=CC[C@@H](C(=O)N3CC4CNCC4C3)C21. The zero-order valence-corrected chi connectivity index (χ0v) is 25.8. The summed E-state index contributed by atoms with van der Waals surface area (Å²) >= 11 is 0. The Labute approximate surface area is 257 Å². The third kappa shape index (κ3) is 4.46. The van der Waals surface area contributed by atoms with Crippen molar-refractivity contribution in [1.29, 1.82) is 0 Å². The number of methoxy groups -OCH3 is 1. The van der Waals surface area contributed by atoms with Gasteiger partial charge in [-0.1, -0.05) is 37.5 Å². The molecule has 10 nitrogen and oxygen atoms in total. The lowest BCUT2D eigenvalue weighted by atomic mass is 9.76. The van der Waals surface area contributed by atoms with Crippen LogP contribution in [0.25, 0.3) is 10.9 Å². The van der Waals surface area contributed by atoms with E-state index in [0.29, 0.717) is 36.3 Å². The minimum atomic E-state index is -4.23. The maximum atomic E-state index is 14.4. The molecule has 2 saturated heterocycles. The second-order valence-corrected chi connectivity index (χ2v) is 14.7. The average Bonchev–Trinajstić information content (AvgIpc) is 3.22. The van der Waals surface area contributed by atoms with Crippen molar-refractivity contribution >= 4 is 32.9 Å². The fourth-order valence-electron chi connectivity index (χ4n) is 8.96. The third-order valence-electron chi connectivity index (χ3n) is 11.0. The first kappa shape index (κ1) is 28.1. The first-order chi connectivity index (χ1) is 21.2. The molecule has 3 fully saturated rings. The van der Waals surface area contributed by atoms with E-state index in [2.05, 4.69) is 33.0 Å². The fraction of sp³-hybridized carbons (Fsp3) is 0.515. The second kappa shape index (κ2) is 10.3. The Hall–Kier alpha value is -3.41. The Morgan fingerprint density at radius 2 is 1.84 bits per heavy atom. The normalized spacial score (nSPS) is 28.0. The molecule has 1 aromatic carbocycles. The van der Waals surface area contributed by atoms with Gasteiger partial charge in [-0.2, -0.15) is 8.42 Å². The predicted molar refractivity (Wildman–Crippen MR) is 166 cm³/mol. The molecule has 4 heterocycles. The first-order valence-electron chi connectivity index (χ1n) is 15.9. The summed E-state index contributed by atoms with van der Waals surface area (Å²) in [6.07, 6.45) is 10.6. The number of nitrogens with two attached hydrogens (primary N) is 1. The summed E-state index contributed by atoms with van der Waals surface area (Å²) in [7, 11) is -2.54. The smallest absolute Gasteiger partial charge is 0.298 e. The molecule has 0 spiro atoms. The van der Waals surface area contributed by atoms with Crippen molar-refractivity contribution in [3.05, 3.63) is 63.9 Å². The molecule has 3 aliphatic heterocycles. The van der Waals surface area contributed by atoms with Crippen LogP contribution in [0.2, 0.25) is 0 Å². The number of benzene rings is 1. The number of aromatic nitrogens is 1. The van der Waals surface area contributed by atoms with Crippen molar-refractivity contribution in [2.45, 2.75) is 56.9 Å². The van der Waals surface area contributed by atoms with Gasteiger partial charge in [0.25, 0.3) is 16.1 Å². The van der Waals surface area contributed by atoms with Gasteiger partial charge in [-0.15, -0.1) is 0 Å². The highest BCUT2D eigenvalue weighted by Gasteiger charge is 2.49. The number of nitrogens with one attached hydrogen (secondary N) is 2. The monoisotopic (exact) mass is 617 g/mol. The average molecular weight is 618 g/mol. The van der Waals surface area contributed by atoms with Crippen molar-refractivity contribution in [1.82, 2.24) is 19.5 Å². The summed E-state index contributed by atoms with van der Waals surface area (Å²) in [6, 6.07) is 6.47. The van der Waals surface area contributed by atoms with Crippen LogP contribution in [-0.4, -0.2) is 63.0 Å². The van der Waals surface area contributed by atoms with Crippen LogP contribution in [0, 0.1) is 17.8 Å². The Morgan fingerprint density at radius 3 is 2.55 bits per heavy atom. The lowest BCUT2D eigenvalue weighted by Gasteiger charge is -2.33. The van der Waals surface area contributed by atoms with Crippen molar-refractivity contribution in [3.63, 3.8) is 0 Å². The largest absolute Gasteiger partial charge is 0.496 e. The minimum absolute atomic E-state index is 0.155. The third-order valence-corrected chi connectivity index (χ3v) is 11.4. The van der Waals surface area contributed by atoms with E-state index >= 15 is 0 Å². The quantitative estimate of drug-likeness (QED) is 0.472. The topological polar surface area (TPSA) is 136 Å². The molecule has 232 valence electrons. The van der Waals surface area contributed by atoms with E-state index in [9.17, 15) is 18.0 Å². The number of fused-ring (bicyclic) bond motifs is 7. The van der Waals surface area contributed by atoms with Crippen LogP contribution < -0.4 is 19.9 Å². The number of nitrogens with zero attached hydrogens (tertiary/aromatic N) is 2. The summed E-state index contributed by atoms with van der Waals surface area (Å²) < 4.78 is 33.8. The number of rotatable bonds is 5. The van der Waals surface area contributed by atoms with Crippen LogP contribution >= 0.6 is 0 Å². The number of ether oxygens (including phenoxy) is 1. The van der Waals surface area contributed by atoms with Crippen LogP contribution in [0.4, 0.5) is 0 Å². The molecule has 1 aromatic heterocycles. The summed E-state index contributed by atoms with van der Waals surface area (Å²) in [5.74, 6) is 1.02. The van der Waals surface area contributed by atoms with Crippen molar-refractivity contribution in [3.8, 4) is 5.75 Å². The molecule has 4 N–H and O–H groups in total. The molecule has 0 bridgehead atoms. The molecule has 2 aromatic rings. The molecule has 0 radical (unpaired) electrons. The Bertz CT molecular complexity index is 1790. The maximum Gasteiger partial charge on any atom is 0.298 e. The van der Waals surface area contributed by atoms with Crippen LogP contribution in [0.3, 0.4) is 0 Å². The number of amides is 2. The molecule has 3 aliphatic carbocycles. The number of allylic oxidation sites excluding steroid dienone is 4. The summed E-state index contributed by atoms with van der Waals surface area (Å²) in [5, 5.41) is 9.69. The second-order valence-electron chi connectivity index (χ2n) is 13.4. The highest BCUT2D eigenvalue weighted by molar-refractivity contribution is 7.87. The molecule has 2 amide bonds. The minimum Gasteiger partial charge on any atom is -0.496 e. The van der Waals surface area contributed by atoms with Gasteiger partial charge in [-0.3, -0.25) is 9.59 Å². The summed E-state index contributed by atoms with van der Waals surface area (Å²) in [4.78, 5) is 29.7. The molecular formula is C33H39N5O5S. The number of hydrogen-bond donors (Lipinski definition) is 3. The molecule has 6 aliphatic rings. The van der Waals surface area contributed by atoms with Gasteiger partial charge in [-0.25, -0.2) is 9.86 Å². The van der Waals surface area contributed by atoms with E-state index in [4.69, 9.17) is 9.88 Å². The van der Waals surface area contributed by atoms with Crippen molar-refractivity contribution in [2.75, 3.05) is 33.3 Å². The Morgan fingerprint density at radius 1 is 1.09 bits per heavy atom. The lowest BCUT2D eigenvalue weighted by Crippen LogP contribution is -2.40. The molecular weight excluding hydrogens is 578 g/mol. The van der Waals surface area contributed by atoms with E-state index in [1.165, 1.54) is 24.8 Å². The van der Waals surface area contributed by atoms with Gasteiger partial charge < -0.3 is 19.5 Å². The van der Waals surface area contributed by atoms with Gasteiger partial charge >= 0.3 is 0 Å². The number of hydrogen-bond acceptors (Lipinski definition) is 6. The van der Waals surface area contributed by atoms with E-state index in [1.54, 1.807) is 7.11 Å². The fourth-order valence-corrected chi connectivity index (χ4v) is 9.32. The van der Waals surface area contributed by atoms with Crippen molar-refractivity contribution < 1.29 is 22.7 Å². The van der Waals surface area contributed by atoms with E-state index in [-0.39, 0.29) is 17.7 Å². The molecule has 44 heavy (non-hydrogen) atoms. The van der Waals surface area contributed by atoms with E-state index in [0.717, 1.165) is 78.1 Å². The van der Waals surface area contributed by atoms with Gasteiger partial charge in [0.15, 0.2) is 0 Å². The number of likely N-dealkylation sites (tertiary alicyclic amines) is 1. The van der Waals surface area contributed by atoms with Gasteiger partial charge in [0.1, 0.15) is 5.75 Å². The molecule has 1 saturated carbocycles. The standard InChI is InChI=1S/C33H39N5O5S/c1-43-27-11-10-21(18-6-3-2-4-7-18)31-24(27)12-26-28-22(29-25(17-38(26)31)30(29)32(39)36-44(34,41)42)8-5-9-23(28)33(40)37-15-19-13-35-14-20(19)16-37/h5,8,10-12,18-20,23,28,35H,2-4,6-7,9,13-17H2,1H3,(H,36,39)(H2,34,41,42)/t19?,20?,23-,28?/m1/s1. The lowest BCUT2D eigenvalue weighted by molar-refractivity contribution is -0.135.